The fourth-order valence-electron chi connectivity index (χ4n) is 4.61. The molecule has 0 unspecified atom stereocenters. The van der Waals surface area contributed by atoms with E-state index < -0.39 is 5.97 Å². The Kier molecular flexibility index (Phi) is 6.38. The van der Waals surface area contributed by atoms with Crippen LogP contribution in [0.1, 0.15) is 64.2 Å². The molecule has 0 aromatic heterocycles. The van der Waals surface area contributed by atoms with Crippen LogP contribution in [0.2, 0.25) is 0 Å². The average Bonchev–Trinajstić information content (AvgIpc) is 3.10. The molecule has 0 bridgehead atoms. The van der Waals surface area contributed by atoms with Gasteiger partial charge in [0.05, 0.1) is 5.92 Å². The average molecular weight is 365 g/mol. The monoisotopic (exact) mass is 365 g/mol. The number of carbonyl (C=O) groups is 3. The van der Waals surface area contributed by atoms with Gasteiger partial charge in [-0.1, -0.05) is 0 Å². The number of carbonyl (C=O) groups excluding carboxylic acids is 2. The first kappa shape index (κ1) is 19.0. The molecule has 146 valence electrons. The molecule has 0 spiro atoms. The molecule has 3 N–H and O–H groups in total. The first-order valence-corrected chi connectivity index (χ1v) is 10.1. The van der Waals surface area contributed by atoms with Crippen molar-refractivity contribution in [2.75, 3.05) is 13.1 Å². The van der Waals surface area contributed by atoms with Gasteiger partial charge >= 0.3 is 12.0 Å². The number of hydrogen-bond donors (Lipinski definition) is 3. The van der Waals surface area contributed by atoms with E-state index in [2.05, 4.69) is 10.6 Å². The smallest absolute Gasteiger partial charge is 0.315 e. The van der Waals surface area contributed by atoms with Crippen LogP contribution >= 0.6 is 0 Å². The molecular formula is C19H31N3O4. The normalized spacial score (nSPS) is 32.1. The lowest BCUT2D eigenvalue weighted by Crippen LogP contribution is -2.47. The Morgan fingerprint density at radius 3 is 2.00 bits per heavy atom. The van der Waals surface area contributed by atoms with Gasteiger partial charge in [0, 0.05) is 31.1 Å². The van der Waals surface area contributed by atoms with Gasteiger partial charge < -0.3 is 20.6 Å². The minimum absolute atomic E-state index is 0.0457. The summed E-state index contributed by atoms with van der Waals surface area (Å²) in [5, 5.41) is 15.0. The lowest BCUT2D eigenvalue weighted by atomic mass is 9.86. The van der Waals surface area contributed by atoms with E-state index >= 15 is 0 Å². The first-order valence-electron chi connectivity index (χ1n) is 10.1. The Bertz CT molecular complexity index is 525. The topological polar surface area (TPSA) is 98.7 Å². The zero-order valence-corrected chi connectivity index (χ0v) is 15.4. The van der Waals surface area contributed by atoms with Gasteiger partial charge in [-0.25, -0.2) is 4.79 Å². The quantitative estimate of drug-likeness (QED) is 0.710. The van der Waals surface area contributed by atoms with Gasteiger partial charge in [0.1, 0.15) is 0 Å². The fourth-order valence-corrected chi connectivity index (χ4v) is 4.61. The third kappa shape index (κ3) is 4.89. The van der Waals surface area contributed by atoms with E-state index in [1.54, 1.807) is 0 Å². The summed E-state index contributed by atoms with van der Waals surface area (Å²) in [4.78, 5) is 37.8. The minimum atomic E-state index is -0.733. The molecule has 0 aromatic carbocycles. The third-order valence-corrected chi connectivity index (χ3v) is 6.20. The molecule has 3 rings (SSSR count). The molecule has 2 aliphatic carbocycles. The molecule has 7 heteroatoms. The van der Waals surface area contributed by atoms with Crippen molar-refractivity contribution in [2.45, 2.75) is 76.3 Å². The zero-order chi connectivity index (χ0) is 18.5. The number of aliphatic carboxylic acids is 1. The van der Waals surface area contributed by atoms with E-state index in [4.69, 9.17) is 5.11 Å². The second kappa shape index (κ2) is 8.73. The summed E-state index contributed by atoms with van der Waals surface area (Å²) in [6, 6.07) is -0.0678. The first-order chi connectivity index (χ1) is 12.5. The summed E-state index contributed by atoms with van der Waals surface area (Å²) in [5.74, 6) is -0.693. The molecule has 2 atom stereocenters. The molecule has 0 aromatic rings. The van der Waals surface area contributed by atoms with Crippen LogP contribution in [-0.4, -0.2) is 53.1 Å². The predicted octanol–water partition coefficient (Wildman–Crippen LogP) is 2.11. The van der Waals surface area contributed by atoms with Crippen molar-refractivity contribution < 1.29 is 19.5 Å². The Balaban J connectivity index is 1.37. The highest BCUT2D eigenvalue weighted by atomic mass is 16.4. The maximum Gasteiger partial charge on any atom is 0.315 e. The van der Waals surface area contributed by atoms with Crippen molar-refractivity contribution in [1.82, 2.24) is 15.5 Å². The van der Waals surface area contributed by atoms with E-state index in [0.717, 1.165) is 45.2 Å². The number of nitrogens with one attached hydrogen (secondary N) is 2. The largest absolute Gasteiger partial charge is 0.481 e. The molecule has 2 saturated carbocycles. The highest BCUT2D eigenvalue weighted by Crippen LogP contribution is 2.29. The lowest BCUT2D eigenvalue weighted by Gasteiger charge is -2.29. The number of amides is 3. The van der Waals surface area contributed by atoms with Gasteiger partial charge in [-0.3, -0.25) is 9.59 Å². The van der Waals surface area contributed by atoms with Gasteiger partial charge in [0.2, 0.25) is 5.91 Å². The van der Waals surface area contributed by atoms with E-state index in [-0.39, 0.29) is 35.9 Å². The van der Waals surface area contributed by atoms with E-state index in [0.29, 0.717) is 25.7 Å². The number of hydrogen-bond acceptors (Lipinski definition) is 3. The maximum atomic E-state index is 12.6. The van der Waals surface area contributed by atoms with Gasteiger partial charge in [0.15, 0.2) is 0 Å². The van der Waals surface area contributed by atoms with E-state index in [9.17, 15) is 14.4 Å². The summed E-state index contributed by atoms with van der Waals surface area (Å²) < 4.78 is 0. The van der Waals surface area contributed by atoms with Crippen molar-refractivity contribution in [2.24, 2.45) is 11.8 Å². The molecule has 3 amide bonds. The third-order valence-electron chi connectivity index (χ3n) is 6.20. The van der Waals surface area contributed by atoms with Crippen molar-refractivity contribution in [3.05, 3.63) is 0 Å². The number of carboxylic acid groups (broad SMARTS) is 1. The van der Waals surface area contributed by atoms with Gasteiger partial charge in [0.25, 0.3) is 0 Å². The molecule has 1 heterocycles. The van der Waals surface area contributed by atoms with Crippen molar-refractivity contribution >= 4 is 17.9 Å². The number of nitrogens with zero attached hydrogens (tertiary/aromatic N) is 1. The Morgan fingerprint density at radius 1 is 0.769 bits per heavy atom. The number of rotatable bonds is 4. The van der Waals surface area contributed by atoms with E-state index in [1.807, 2.05) is 4.90 Å². The second-order valence-electron chi connectivity index (χ2n) is 8.10. The summed E-state index contributed by atoms with van der Waals surface area (Å²) in [6.07, 6.45) is 8.52. The van der Waals surface area contributed by atoms with Gasteiger partial charge in [-0.2, -0.15) is 0 Å². The van der Waals surface area contributed by atoms with E-state index in [1.165, 1.54) is 6.42 Å². The van der Waals surface area contributed by atoms with Crippen molar-refractivity contribution in [3.8, 4) is 0 Å². The van der Waals surface area contributed by atoms with Crippen LogP contribution in [-0.2, 0) is 9.59 Å². The summed E-state index contributed by atoms with van der Waals surface area (Å²) in [5.41, 5.74) is 0. The fraction of sp³-hybridized carbons (Fsp3) is 0.842. The Labute approximate surface area is 154 Å². The standard InChI is InChI=1S/C19H31N3O4/c23-17(22-10-2-1-3-11-22)14-6-9-16(12-14)21-19(26)20-15-7-4-13(5-8-15)18(24)25/h13-16H,1-12H2,(H,24,25)(H2,20,21,26)/t13?,14-,15?,16+/m1/s1. The van der Waals surface area contributed by atoms with Gasteiger partial charge in [-0.05, 0) is 64.2 Å². The van der Waals surface area contributed by atoms with Crippen LogP contribution in [0, 0.1) is 11.8 Å². The summed E-state index contributed by atoms with van der Waals surface area (Å²) in [6.45, 7) is 1.76. The zero-order valence-electron chi connectivity index (χ0n) is 15.4. The molecule has 0 radical (unpaired) electrons. The van der Waals surface area contributed by atoms with Crippen LogP contribution in [0.25, 0.3) is 0 Å². The number of likely N-dealkylation sites (tertiary alicyclic amines) is 1. The highest BCUT2D eigenvalue weighted by molar-refractivity contribution is 5.80. The van der Waals surface area contributed by atoms with Crippen LogP contribution < -0.4 is 10.6 Å². The molecule has 3 fully saturated rings. The predicted molar refractivity (Wildman–Crippen MR) is 96.6 cm³/mol. The number of carboxylic acids is 1. The summed E-state index contributed by atoms with van der Waals surface area (Å²) >= 11 is 0. The molecule has 26 heavy (non-hydrogen) atoms. The SMILES string of the molecule is O=C(NC1CCC(C(=O)O)CC1)N[C@H]1CC[C@@H](C(=O)N2CCCCC2)C1. The summed E-state index contributed by atoms with van der Waals surface area (Å²) in [7, 11) is 0. The lowest BCUT2D eigenvalue weighted by molar-refractivity contribution is -0.143. The van der Waals surface area contributed by atoms with Crippen LogP contribution in [0.3, 0.4) is 0 Å². The molecular weight excluding hydrogens is 334 g/mol. The van der Waals surface area contributed by atoms with Crippen molar-refractivity contribution in [3.63, 3.8) is 0 Å². The molecule has 1 saturated heterocycles. The molecule has 3 aliphatic rings. The van der Waals surface area contributed by atoms with Crippen LogP contribution in [0.4, 0.5) is 4.79 Å². The highest BCUT2D eigenvalue weighted by Gasteiger charge is 2.34. The Hall–Kier alpha value is -1.79. The van der Waals surface area contributed by atoms with Crippen LogP contribution in [0.5, 0.6) is 0 Å². The number of urea groups is 1. The molecule has 7 nitrogen and oxygen atoms in total. The van der Waals surface area contributed by atoms with Gasteiger partial charge in [-0.15, -0.1) is 0 Å². The van der Waals surface area contributed by atoms with Crippen LogP contribution in [0.15, 0.2) is 0 Å². The minimum Gasteiger partial charge on any atom is -0.481 e. The second-order valence-corrected chi connectivity index (χ2v) is 8.10. The Morgan fingerprint density at radius 2 is 1.35 bits per heavy atom. The maximum absolute atomic E-state index is 12.6. The van der Waals surface area contributed by atoms with Crippen molar-refractivity contribution in [1.29, 1.82) is 0 Å². The molecule has 1 aliphatic heterocycles. The number of piperidine rings is 1.